The molecule has 0 aromatic rings. The standard InChI is InChI=1S/C77H138NO8P/c1-3-5-7-9-11-13-15-17-19-21-23-25-27-29-30-31-32-33-34-35-36-37-38-39-40-41-42-43-44-46-48-50-52-54-56-58-60-62-64-66-68-70-77(80)86-75(74-85-87(81,82)84-72-71-78)73-83-76(79)69-67-65-63-61-59-57-55-53-51-49-47-45-28-26-24-22-20-18-16-14-12-10-8-6-4-2/h5,7,11,13,17,19,22-25,29-30,32-33,35-36,75H,3-4,6,8-10,12,14-16,18,20-21,26-28,31,34,37-74,78H2,1-2H3,(H,81,82)/b7-5-,13-11-,19-17-,24-22-,25-23-,30-29-,33-32-,36-35-. The molecule has 2 atom stereocenters. The van der Waals surface area contributed by atoms with Crippen LogP contribution in [0.1, 0.15) is 348 Å². The van der Waals surface area contributed by atoms with Crippen LogP contribution in [0.15, 0.2) is 97.2 Å². The van der Waals surface area contributed by atoms with Crippen LogP contribution < -0.4 is 5.73 Å². The molecule has 3 N–H and O–H groups in total. The van der Waals surface area contributed by atoms with Gasteiger partial charge in [0.15, 0.2) is 6.10 Å². The molecule has 2 unspecified atom stereocenters. The lowest BCUT2D eigenvalue weighted by Crippen LogP contribution is -2.29. The molecule has 9 nitrogen and oxygen atoms in total. The Bertz CT molecular complexity index is 1750. The predicted molar refractivity (Wildman–Crippen MR) is 376 cm³/mol. The smallest absolute Gasteiger partial charge is 0.462 e. The lowest BCUT2D eigenvalue weighted by Gasteiger charge is -2.19. The van der Waals surface area contributed by atoms with Crippen molar-refractivity contribution in [1.82, 2.24) is 0 Å². The second-order valence-corrected chi connectivity index (χ2v) is 25.9. The van der Waals surface area contributed by atoms with Gasteiger partial charge >= 0.3 is 19.8 Å². The molecule has 0 radical (unpaired) electrons. The fourth-order valence-electron chi connectivity index (χ4n) is 10.6. The van der Waals surface area contributed by atoms with Gasteiger partial charge < -0.3 is 20.1 Å². The van der Waals surface area contributed by atoms with Gasteiger partial charge in [-0.25, -0.2) is 4.57 Å². The number of ether oxygens (including phenoxy) is 2. The molecule has 0 heterocycles. The van der Waals surface area contributed by atoms with E-state index >= 15 is 0 Å². The maximum atomic E-state index is 12.8. The Balaban J connectivity index is 3.82. The molecular formula is C77H138NO8P. The number of hydrogen-bond donors (Lipinski definition) is 2. The summed E-state index contributed by atoms with van der Waals surface area (Å²) in [5.41, 5.74) is 5.41. The first kappa shape index (κ1) is 83.9. The van der Waals surface area contributed by atoms with Crippen LogP contribution >= 0.6 is 7.82 Å². The van der Waals surface area contributed by atoms with Crippen molar-refractivity contribution in [3.8, 4) is 0 Å². The van der Waals surface area contributed by atoms with Gasteiger partial charge in [-0.1, -0.05) is 336 Å². The van der Waals surface area contributed by atoms with Crippen molar-refractivity contribution < 1.29 is 37.6 Å². The van der Waals surface area contributed by atoms with Crippen molar-refractivity contribution in [2.45, 2.75) is 354 Å². The number of nitrogens with two attached hydrogens (primary N) is 1. The van der Waals surface area contributed by atoms with Crippen molar-refractivity contribution in [2.24, 2.45) is 5.73 Å². The van der Waals surface area contributed by atoms with Gasteiger partial charge in [0, 0.05) is 19.4 Å². The molecule has 0 saturated carbocycles. The molecule has 0 spiro atoms. The van der Waals surface area contributed by atoms with Gasteiger partial charge in [0.1, 0.15) is 6.61 Å². The summed E-state index contributed by atoms with van der Waals surface area (Å²) in [6.07, 6.45) is 98.0. The van der Waals surface area contributed by atoms with Crippen LogP contribution in [0, 0.1) is 0 Å². The Morgan fingerprint density at radius 3 is 0.954 bits per heavy atom. The zero-order valence-electron chi connectivity index (χ0n) is 56.7. The van der Waals surface area contributed by atoms with Crippen molar-refractivity contribution in [3.05, 3.63) is 97.2 Å². The molecular weight excluding hydrogens is 1100 g/mol. The summed E-state index contributed by atoms with van der Waals surface area (Å²) in [5, 5.41) is 0. The molecule has 504 valence electrons. The van der Waals surface area contributed by atoms with Gasteiger partial charge in [-0.05, 0) is 96.3 Å². The largest absolute Gasteiger partial charge is 0.472 e. The first-order valence-electron chi connectivity index (χ1n) is 36.7. The monoisotopic (exact) mass is 1240 g/mol. The van der Waals surface area contributed by atoms with E-state index in [1.54, 1.807) is 0 Å². The van der Waals surface area contributed by atoms with Crippen LogP contribution in [0.25, 0.3) is 0 Å². The normalized spacial score (nSPS) is 13.5. The summed E-state index contributed by atoms with van der Waals surface area (Å²) in [6, 6.07) is 0. The molecule has 0 aromatic carbocycles. The van der Waals surface area contributed by atoms with Gasteiger partial charge in [-0.3, -0.25) is 18.6 Å². The number of carbonyl (C=O) groups is 2. The third-order valence-corrected chi connectivity index (χ3v) is 16.9. The molecule has 0 aliphatic rings. The van der Waals surface area contributed by atoms with Gasteiger partial charge in [0.2, 0.25) is 0 Å². The molecule has 0 fully saturated rings. The number of carbonyl (C=O) groups excluding carboxylic acids is 2. The van der Waals surface area contributed by atoms with Crippen molar-refractivity contribution in [3.63, 3.8) is 0 Å². The lowest BCUT2D eigenvalue weighted by atomic mass is 10.0. The molecule has 0 bridgehead atoms. The number of unbranched alkanes of at least 4 members (excludes halogenated alkanes) is 40. The Morgan fingerprint density at radius 2 is 0.632 bits per heavy atom. The number of esters is 2. The van der Waals surface area contributed by atoms with Gasteiger partial charge in [-0.15, -0.1) is 0 Å². The van der Waals surface area contributed by atoms with Crippen molar-refractivity contribution in [1.29, 1.82) is 0 Å². The van der Waals surface area contributed by atoms with E-state index in [1.165, 1.54) is 231 Å². The van der Waals surface area contributed by atoms with E-state index in [2.05, 4.69) is 111 Å². The van der Waals surface area contributed by atoms with Crippen molar-refractivity contribution >= 4 is 19.8 Å². The highest BCUT2D eigenvalue weighted by Gasteiger charge is 2.26. The minimum atomic E-state index is -4.40. The second-order valence-electron chi connectivity index (χ2n) is 24.4. The number of hydrogen-bond acceptors (Lipinski definition) is 8. The molecule has 0 aliphatic heterocycles. The third-order valence-electron chi connectivity index (χ3n) is 16.0. The van der Waals surface area contributed by atoms with E-state index in [1.807, 2.05) is 0 Å². The molecule has 10 heteroatoms. The van der Waals surface area contributed by atoms with E-state index in [-0.39, 0.29) is 38.6 Å². The second kappa shape index (κ2) is 72.0. The fourth-order valence-corrected chi connectivity index (χ4v) is 11.3. The van der Waals surface area contributed by atoms with Crippen molar-refractivity contribution in [2.75, 3.05) is 26.4 Å². The number of rotatable bonds is 69. The summed E-state index contributed by atoms with van der Waals surface area (Å²) in [5.74, 6) is -0.813. The van der Waals surface area contributed by atoms with E-state index in [4.69, 9.17) is 24.3 Å². The average Bonchev–Trinajstić information content (AvgIpc) is 3.65. The number of phosphoric acid groups is 1. The van der Waals surface area contributed by atoms with E-state index in [0.717, 1.165) is 83.5 Å². The van der Waals surface area contributed by atoms with E-state index in [0.29, 0.717) is 6.42 Å². The molecule has 0 amide bonds. The van der Waals surface area contributed by atoms with Crippen LogP contribution in [-0.2, 0) is 32.7 Å². The Labute approximate surface area is 537 Å². The van der Waals surface area contributed by atoms with Crippen LogP contribution in [0.3, 0.4) is 0 Å². The molecule has 0 saturated heterocycles. The van der Waals surface area contributed by atoms with Crippen LogP contribution in [0.5, 0.6) is 0 Å². The van der Waals surface area contributed by atoms with Crippen LogP contribution in [0.2, 0.25) is 0 Å². The minimum Gasteiger partial charge on any atom is -0.462 e. The summed E-state index contributed by atoms with van der Waals surface area (Å²) < 4.78 is 33.2. The SMILES string of the molecule is CC/C=C\C/C=C\C/C=C\C/C=C\C/C=C\C/C=C\C/C=C\CCCCCCCCCCCCCCCCCCCCCC(=O)OC(COC(=O)CCCCCCCCCCCCCCC/C=C\CCCCCCCCCC)COP(=O)(O)OCCN. The molecule has 0 rings (SSSR count). The Hall–Kier alpha value is -3.07. The number of allylic oxidation sites excluding steroid dienone is 16. The average molecular weight is 1240 g/mol. The maximum Gasteiger partial charge on any atom is 0.472 e. The first-order valence-corrected chi connectivity index (χ1v) is 38.2. The van der Waals surface area contributed by atoms with Crippen LogP contribution in [0.4, 0.5) is 0 Å². The van der Waals surface area contributed by atoms with Gasteiger partial charge in [0.05, 0.1) is 13.2 Å². The molecule has 0 aliphatic carbocycles. The minimum absolute atomic E-state index is 0.0529. The Morgan fingerprint density at radius 1 is 0.356 bits per heavy atom. The quantitative estimate of drug-likeness (QED) is 0.0264. The summed E-state index contributed by atoms with van der Waals surface area (Å²) in [6.45, 7) is 3.68. The Kier molecular flexibility index (Phi) is 69.5. The highest BCUT2D eigenvalue weighted by molar-refractivity contribution is 7.47. The predicted octanol–water partition coefficient (Wildman–Crippen LogP) is 24.3. The maximum absolute atomic E-state index is 12.8. The fraction of sp³-hybridized carbons (Fsp3) is 0.766. The lowest BCUT2D eigenvalue weighted by molar-refractivity contribution is -0.161. The first-order chi connectivity index (χ1) is 42.8. The van der Waals surface area contributed by atoms with Gasteiger partial charge in [0.25, 0.3) is 0 Å². The third kappa shape index (κ3) is 71.9. The van der Waals surface area contributed by atoms with Crippen LogP contribution in [-0.4, -0.2) is 49.3 Å². The zero-order valence-corrected chi connectivity index (χ0v) is 57.6. The summed E-state index contributed by atoms with van der Waals surface area (Å²) in [4.78, 5) is 35.4. The highest BCUT2D eigenvalue weighted by Crippen LogP contribution is 2.43. The highest BCUT2D eigenvalue weighted by atomic mass is 31.2. The number of phosphoric ester groups is 1. The summed E-state index contributed by atoms with van der Waals surface area (Å²) in [7, 11) is -4.40. The topological polar surface area (TPSA) is 134 Å². The zero-order chi connectivity index (χ0) is 63.0. The van der Waals surface area contributed by atoms with E-state index < -0.39 is 26.5 Å². The molecule has 87 heavy (non-hydrogen) atoms. The summed E-state index contributed by atoms with van der Waals surface area (Å²) >= 11 is 0. The van der Waals surface area contributed by atoms with Gasteiger partial charge in [-0.2, -0.15) is 0 Å². The van der Waals surface area contributed by atoms with E-state index in [9.17, 15) is 19.0 Å². The molecule has 0 aromatic heterocycles.